The third-order valence-corrected chi connectivity index (χ3v) is 4.48. The van der Waals surface area contributed by atoms with Gasteiger partial charge in [-0.15, -0.1) is 0 Å². The van der Waals surface area contributed by atoms with Crippen LogP contribution in [0.3, 0.4) is 0 Å². The van der Waals surface area contributed by atoms with Crippen LogP contribution in [-0.2, 0) is 14.8 Å². The van der Waals surface area contributed by atoms with Gasteiger partial charge in [0.2, 0.25) is 15.9 Å². The SMILES string of the molecule is CCNCC(C)C(=O)Nc1ccc(S(=O)(=O)NCC)cc1. The van der Waals surface area contributed by atoms with Crippen molar-refractivity contribution in [3.8, 4) is 0 Å². The average Bonchev–Trinajstić information content (AvgIpc) is 2.45. The van der Waals surface area contributed by atoms with Crippen LogP contribution in [0.1, 0.15) is 20.8 Å². The number of nitrogens with one attached hydrogen (secondary N) is 3. The van der Waals surface area contributed by atoms with Crippen LogP contribution in [0, 0.1) is 5.92 Å². The Morgan fingerprint density at radius 1 is 1.14 bits per heavy atom. The molecule has 1 aromatic carbocycles. The molecular formula is C14H23N3O3S. The lowest BCUT2D eigenvalue weighted by molar-refractivity contribution is -0.119. The van der Waals surface area contributed by atoms with Crippen LogP contribution < -0.4 is 15.4 Å². The molecular weight excluding hydrogens is 290 g/mol. The second-order valence-corrected chi connectivity index (χ2v) is 6.49. The predicted molar refractivity (Wildman–Crippen MR) is 83.6 cm³/mol. The molecule has 1 atom stereocenters. The number of amides is 1. The van der Waals surface area contributed by atoms with Crippen molar-refractivity contribution in [1.82, 2.24) is 10.0 Å². The van der Waals surface area contributed by atoms with E-state index in [2.05, 4.69) is 15.4 Å². The van der Waals surface area contributed by atoms with Crippen LogP contribution in [0.5, 0.6) is 0 Å². The standard InChI is InChI=1S/C14H23N3O3S/c1-4-15-10-11(3)14(18)17-12-6-8-13(9-7-12)21(19,20)16-5-2/h6-9,11,15-16H,4-5,10H2,1-3H3,(H,17,18). The first-order valence-electron chi connectivity index (χ1n) is 7.02. The number of carbonyl (C=O) groups is 1. The number of sulfonamides is 1. The Morgan fingerprint density at radius 3 is 2.29 bits per heavy atom. The summed E-state index contributed by atoms with van der Waals surface area (Å²) < 4.78 is 26.0. The van der Waals surface area contributed by atoms with Crippen molar-refractivity contribution in [2.75, 3.05) is 25.0 Å². The number of benzene rings is 1. The summed E-state index contributed by atoms with van der Waals surface area (Å²) in [5, 5.41) is 5.88. The van der Waals surface area contributed by atoms with Crippen molar-refractivity contribution in [1.29, 1.82) is 0 Å². The molecule has 1 rings (SSSR count). The van der Waals surface area contributed by atoms with E-state index in [0.717, 1.165) is 6.54 Å². The zero-order valence-corrected chi connectivity index (χ0v) is 13.5. The van der Waals surface area contributed by atoms with Crippen LogP contribution in [0.4, 0.5) is 5.69 Å². The minimum Gasteiger partial charge on any atom is -0.326 e. The maximum Gasteiger partial charge on any atom is 0.240 e. The number of rotatable bonds is 8. The van der Waals surface area contributed by atoms with Gasteiger partial charge < -0.3 is 10.6 Å². The molecule has 118 valence electrons. The third kappa shape index (κ3) is 5.45. The van der Waals surface area contributed by atoms with Gasteiger partial charge in [-0.2, -0.15) is 0 Å². The Labute approximate surface area is 126 Å². The van der Waals surface area contributed by atoms with Gasteiger partial charge in [0.15, 0.2) is 0 Å². The maximum absolute atomic E-state index is 11.9. The van der Waals surface area contributed by atoms with Gasteiger partial charge in [0.1, 0.15) is 0 Å². The van der Waals surface area contributed by atoms with Crippen molar-refractivity contribution in [2.24, 2.45) is 5.92 Å². The minimum absolute atomic E-state index is 0.0989. The van der Waals surface area contributed by atoms with Crippen LogP contribution in [0.15, 0.2) is 29.2 Å². The van der Waals surface area contributed by atoms with Gasteiger partial charge in [0, 0.05) is 24.7 Å². The fraction of sp³-hybridized carbons (Fsp3) is 0.500. The van der Waals surface area contributed by atoms with E-state index in [1.54, 1.807) is 19.1 Å². The van der Waals surface area contributed by atoms with Crippen molar-refractivity contribution in [2.45, 2.75) is 25.7 Å². The molecule has 0 aliphatic carbocycles. The zero-order chi connectivity index (χ0) is 15.9. The van der Waals surface area contributed by atoms with E-state index in [9.17, 15) is 13.2 Å². The minimum atomic E-state index is -3.46. The lowest BCUT2D eigenvalue weighted by Crippen LogP contribution is -2.30. The highest BCUT2D eigenvalue weighted by atomic mass is 32.2. The Kier molecular flexibility index (Phi) is 6.80. The number of carbonyl (C=O) groups excluding carboxylic acids is 1. The fourth-order valence-electron chi connectivity index (χ4n) is 1.71. The molecule has 0 radical (unpaired) electrons. The van der Waals surface area contributed by atoms with Gasteiger partial charge in [-0.1, -0.05) is 20.8 Å². The normalized spacial score (nSPS) is 12.9. The summed E-state index contributed by atoms with van der Waals surface area (Å²) >= 11 is 0. The summed E-state index contributed by atoms with van der Waals surface area (Å²) in [6.07, 6.45) is 0. The van der Waals surface area contributed by atoms with E-state index in [4.69, 9.17) is 0 Å². The molecule has 6 nitrogen and oxygen atoms in total. The molecule has 1 amide bonds. The molecule has 1 unspecified atom stereocenters. The summed E-state index contributed by atoms with van der Waals surface area (Å²) in [6.45, 7) is 7.29. The molecule has 7 heteroatoms. The molecule has 0 bridgehead atoms. The monoisotopic (exact) mass is 313 g/mol. The molecule has 0 aromatic heterocycles. The van der Waals surface area contributed by atoms with Crippen LogP contribution in [-0.4, -0.2) is 34.0 Å². The van der Waals surface area contributed by atoms with Crippen molar-refractivity contribution < 1.29 is 13.2 Å². The van der Waals surface area contributed by atoms with E-state index >= 15 is 0 Å². The second-order valence-electron chi connectivity index (χ2n) is 4.72. The van der Waals surface area contributed by atoms with Crippen molar-refractivity contribution in [3.63, 3.8) is 0 Å². The first-order chi connectivity index (χ1) is 9.90. The maximum atomic E-state index is 11.9. The van der Waals surface area contributed by atoms with Crippen molar-refractivity contribution >= 4 is 21.6 Å². The average molecular weight is 313 g/mol. The van der Waals surface area contributed by atoms with Crippen molar-refractivity contribution in [3.05, 3.63) is 24.3 Å². The van der Waals surface area contributed by atoms with Gasteiger partial charge in [-0.25, -0.2) is 13.1 Å². The number of hydrogen-bond donors (Lipinski definition) is 3. The zero-order valence-electron chi connectivity index (χ0n) is 12.6. The van der Waals surface area contributed by atoms with Crippen LogP contribution in [0.25, 0.3) is 0 Å². The Hall–Kier alpha value is -1.44. The molecule has 0 spiro atoms. The summed E-state index contributed by atoms with van der Waals surface area (Å²) in [7, 11) is -3.46. The van der Waals surface area contributed by atoms with E-state index in [-0.39, 0.29) is 16.7 Å². The fourth-order valence-corrected chi connectivity index (χ4v) is 2.75. The van der Waals surface area contributed by atoms with Gasteiger partial charge >= 0.3 is 0 Å². The molecule has 3 N–H and O–H groups in total. The summed E-state index contributed by atoms with van der Waals surface area (Å²) in [4.78, 5) is 12.1. The van der Waals surface area contributed by atoms with Crippen LogP contribution in [0.2, 0.25) is 0 Å². The lowest BCUT2D eigenvalue weighted by atomic mass is 10.1. The van der Waals surface area contributed by atoms with Gasteiger partial charge in [0.05, 0.1) is 4.90 Å². The molecule has 0 fully saturated rings. The van der Waals surface area contributed by atoms with E-state index in [1.807, 2.05) is 13.8 Å². The van der Waals surface area contributed by atoms with E-state index in [0.29, 0.717) is 18.8 Å². The van der Waals surface area contributed by atoms with Gasteiger partial charge in [-0.3, -0.25) is 4.79 Å². The highest BCUT2D eigenvalue weighted by Crippen LogP contribution is 2.14. The van der Waals surface area contributed by atoms with Gasteiger partial charge in [0.25, 0.3) is 0 Å². The van der Waals surface area contributed by atoms with E-state index in [1.165, 1.54) is 12.1 Å². The Morgan fingerprint density at radius 2 is 1.76 bits per heavy atom. The predicted octanol–water partition coefficient (Wildman–Crippen LogP) is 1.17. The molecule has 1 aromatic rings. The molecule has 0 saturated heterocycles. The van der Waals surface area contributed by atoms with Crippen LogP contribution >= 0.6 is 0 Å². The number of anilines is 1. The highest BCUT2D eigenvalue weighted by molar-refractivity contribution is 7.89. The molecule has 0 aliphatic rings. The first-order valence-corrected chi connectivity index (χ1v) is 8.50. The Balaban J connectivity index is 2.69. The third-order valence-electron chi connectivity index (χ3n) is 2.91. The molecule has 21 heavy (non-hydrogen) atoms. The summed E-state index contributed by atoms with van der Waals surface area (Å²) in [6, 6.07) is 6.12. The topological polar surface area (TPSA) is 87.3 Å². The second kappa shape index (κ2) is 8.11. The number of hydrogen-bond acceptors (Lipinski definition) is 4. The Bertz CT molecular complexity index is 555. The first kappa shape index (κ1) is 17.6. The lowest BCUT2D eigenvalue weighted by Gasteiger charge is -2.13. The highest BCUT2D eigenvalue weighted by Gasteiger charge is 2.14. The summed E-state index contributed by atoms with van der Waals surface area (Å²) in [5.74, 6) is -0.256. The molecule has 0 aliphatic heterocycles. The van der Waals surface area contributed by atoms with Gasteiger partial charge in [-0.05, 0) is 30.8 Å². The molecule has 0 heterocycles. The smallest absolute Gasteiger partial charge is 0.240 e. The molecule has 0 saturated carbocycles. The largest absolute Gasteiger partial charge is 0.326 e. The van der Waals surface area contributed by atoms with E-state index < -0.39 is 10.0 Å². The quantitative estimate of drug-likeness (QED) is 0.672. The summed E-state index contributed by atoms with van der Waals surface area (Å²) in [5.41, 5.74) is 0.582.